The van der Waals surface area contributed by atoms with Crippen molar-refractivity contribution < 1.29 is 9.53 Å². The number of hydrogen-bond donors (Lipinski definition) is 0. The Morgan fingerprint density at radius 1 is 1.26 bits per heavy atom. The molecule has 8 nitrogen and oxygen atoms in total. The van der Waals surface area contributed by atoms with Crippen LogP contribution in [0.4, 0.5) is 0 Å². The van der Waals surface area contributed by atoms with E-state index < -0.39 is 5.97 Å². The summed E-state index contributed by atoms with van der Waals surface area (Å²) in [5.41, 5.74) is 2.52. The zero-order valence-electron chi connectivity index (χ0n) is 17.1. The number of carbonyl (C=O) groups excluding carboxylic acids is 1. The maximum absolute atomic E-state index is 13.0. The first kappa shape index (κ1) is 19.7. The summed E-state index contributed by atoms with van der Waals surface area (Å²) in [6.45, 7) is 3.92. The molecule has 0 atom stereocenters. The summed E-state index contributed by atoms with van der Waals surface area (Å²) in [5, 5.41) is 5.50. The molecule has 1 fully saturated rings. The molecule has 1 aliphatic carbocycles. The third-order valence-electron chi connectivity index (χ3n) is 5.32. The van der Waals surface area contributed by atoms with E-state index in [0.29, 0.717) is 38.9 Å². The fraction of sp³-hybridized carbons (Fsp3) is 0.318. The van der Waals surface area contributed by atoms with E-state index in [1.54, 1.807) is 24.4 Å². The number of pyridine rings is 2. The summed E-state index contributed by atoms with van der Waals surface area (Å²) < 4.78 is 8.70. The summed E-state index contributed by atoms with van der Waals surface area (Å²) in [6.07, 6.45) is 5.29. The molecule has 0 saturated heterocycles. The molecule has 0 unspecified atom stereocenters. The quantitative estimate of drug-likeness (QED) is 0.439. The molecule has 158 valence electrons. The van der Waals surface area contributed by atoms with Gasteiger partial charge in [-0.2, -0.15) is 5.10 Å². The Bertz CT molecular complexity index is 1390. The Morgan fingerprint density at radius 3 is 2.81 bits per heavy atom. The Morgan fingerprint density at radius 2 is 2.06 bits per heavy atom. The third-order valence-corrected chi connectivity index (χ3v) is 5.54. The Kier molecular flexibility index (Phi) is 4.74. The Labute approximate surface area is 182 Å². The van der Waals surface area contributed by atoms with E-state index in [4.69, 9.17) is 21.3 Å². The second kappa shape index (κ2) is 7.46. The molecule has 0 radical (unpaired) electrons. The van der Waals surface area contributed by atoms with Crippen molar-refractivity contribution in [3.63, 3.8) is 0 Å². The van der Waals surface area contributed by atoms with Crippen LogP contribution in [0, 0.1) is 0 Å². The highest BCUT2D eigenvalue weighted by atomic mass is 35.5. The molecule has 1 aliphatic rings. The van der Waals surface area contributed by atoms with Gasteiger partial charge < -0.3 is 4.74 Å². The molecular formula is C22H20ClN5O3. The number of esters is 1. The SMILES string of the molecule is CC(C)n1ncc2c(C(=O)OCc3cc(=O)n4cc(Cl)ccc4n3)cc(C3CC3)nc21. The van der Waals surface area contributed by atoms with Gasteiger partial charge >= 0.3 is 5.97 Å². The van der Waals surface area contributed by atoms with E-state index in [1.807, 2.05) is 18.5 Å². The van der Waals surface area contributed by atoms with Crippen LogP contribution in [-0.4, -0.2) is 30.1 Å². The van der Waals surface area contributed by atoms with Gasteiger partial charge in [-0.05, 0) is 44.9 Å². The standard InChI is InChI=1S/C22H20ClN5O3/c1-12(2)28-21-17(9-24-28)16(8-18(26-21)13-3-4-13)22(30)31-11-15-7-20(29)27-10-14(23)5-6-19(27)25-15/h5-10,12-13H,3-4,11H2,1-2H3. The van der Waals surface area contributed by atoms with Gasteiger partial charge in [0.25, 0.3) is 5.56 Å². The zero-order valence-corrected chi connectivity index (χ0v) is 17.8. The number of carbonyl (C=O) groups is 1. The minimum absolute atomic E-state index is 0.117. The van der Waals surface area contributed by atoms with E-state index in [9.17, 15) is 9.59 Å². The molecule has 4 heterocycles. The molecule has 9 heteroatoms. The molecule has 0 aliphatic heterocycles. The lowest BCUT2D eigenvalue weighted by atomic mass is 10.1. The lowest BCUT2D eigenvalue weighted by Crippen LogP contribution is -2.16. The topological polar surface area (TPSA) is 91.4 Å². The molecule has 1 saturated carbocycles. The van der Waals surface area contributed by atoms with Crippen molar-refractivity contribution in [2.45, 2.75) is 45.3 Å². The van der Waals surface area contributed by atoms with Crippen LogP contribution in [0.25, 0.3) is 16.7 Å². The molecule has 0 amide bonds. The van der Waals surface area contributed by atoms with Crippen molar-refractivity contribution in [3.8, 4) is 0 Å². The highest BCUT2D eigenvalue weighted by molar-refractivity contribution is 6.30. The summed E-state index contributed by atoms with van der Waals surface area (Å²) in [6, 6.07) is 6.55. The van der Waals surface area contributed by atoms with Crippen LogP contribution in [0.15, 0.2) is 41.5 Å². The molecule has 0 N–H and O–H groups in total. The fourth-order valence-electron chi connectivity index (χ4n) is 3.59. The van der Waals surface area contributed by atoms with Crippen LogP contribution in [0.1, 0.15) is 60.4 Å². The van der Waals surface area contributed by atoms with E-state index >= 15 is 0 Å². The first-order valence-corrected chi connectivity index (χ1v) is 10.5. The smallest absolute Gasteiger partial charge is 0.339 e. The van der Waals surface area contributed by atoms with Crippen LogP contribution >= 0.6 is 11.6 Å². The molecule has 4 aromatic heterocycles. The average molecular weight is 438 g/mol. The van der Waals surface area contributed by atoms with Gasteiger partial charge in [0.05, 0.1) is 27.9 Å². The third kappa shape index (κ3) is 3.67. The van der Waals surface area contributed by atoms with Gasteiger partial charge in [0.1, 0.15) is 12.3 Å². The number of nitrogens with zero attached hydrogens (tertiary/aromatic N) is 5. The Balaban J connectivity index is 1.46. The maximum Gasteiger partial charge on any atom is 0.339 e. The fourth-order valence-corrected chi connectivity index (χ4v) is 3.75. The van der Waals surface area contributed by atoms with Crippen LogP contribution in [0.3, 0.4) is 0 Å². The van der Waals surface area contributed by atoms with Gasteiger partial charge in [-0.25, -0.2) is 19.4 Å². The zero-order chi connectivity index (χ0) is 21.7. The van der Waals surface area contributed by atoms with Gasteiger partial charge in [-0.3, -0.25) is 9.20 Å². The molecule has 4 aromatic rings. The predicted molar refractivity (Wildman–Crippen MR) is 115 cm³/mol. The van der Waals surface area contributed by atoms with Crippen molar-refractivity contribution >= 4 is 34.3 Å². The van der Waals surface area contributed by atoms with E-state index in [0.717, 1.165) is 18.5 Å². The second-order valence-electron chi connectivity index (χ2n) is 8.03. The highest BCUT2D eigenvalue weighted by Crippen LogP contribution is 2.40. The number of fused-ring (bicyclic) bond motifs is 2. The average Bonchev–Trinajstić information content (AvgIpc) is 3.50. The largest absolute Gasteiger partial charge is 0.456 e. The Hall–Kier alpha value is -3.26. The number of ether oxygens (including phenoxy) is 1. The van der Waals surface area contributed by atoms with Crippen molar-refractivity contribution in [2.75, 3.05) is 0 Å². The summed E-state index contributed by atoms with van der Waals surface area (Å²) in [5.74, 6) is -0.115. The normalized spacial score (nSPS) is 13.9. The minimum atomic E-state index is -0.490. The van der Waals surface area contributed by atoms with Gasteiger partial charge in [-0.15, -0.1) is 0 Å². The summed E-state index contributed by atoms with van der Waals surface area (Å²) in [4.78, 5) is 34.5. The van der Waals surface area contributed by atoms with Crippen LogP contribution in [0.2, 0.25) is 5.02 Å². The van der Waals surface area contributed by atoms with E-state index in [2.05, 4.69) is 10.1 Å². The molecule has 0 spiro atoms. The summed E-state index contributed by atoms with van der Waals surface area (Å²) >= 11 is 5.94. The van der Waals surface area contributed by atoms with Gasteiger partial charge in [0, 0.05) is 29.9 Å². The molecule has 31 heavy (non-hydrogen) atoms. The van der Waals surface area contributed by atoms with Gasteiger partial charge in [-0.1, -0.05) is 11.6 Å². The number of aromatic nitrogens is 5. The second-order valence-corrected chi connectivity index (χ2v) is 8.46. The monoisotopic (exact) mass is 437 g/mol. The predicted octanol–water partition coefficient (Wildman–Crippen LogP) is 3.91. The van der Waals surface area contributed by atoms with E-state index in [-0.39, 0.29) is 18.2 Å². The van der Waals surface area contributed by atoms with Crippen molar-refractivity contribution in [2.24, 2.45) is 0 Å². The maximum atomic E-state index is 13.0. The van der Waals surface area contributed by atoms with Crippen LogP contribution in [-0.2, 0) is 11.3 Å². The van der Waals surface area contributed by atoms with Gasteiger partial charge in [0.2, 0.25) is 0 Å². The lowest BCUT2D eigenvalue weighted by molar-refractivity contribution is 0.0470. The highest BCUT2D eigenvalue weighted by Gasteiger charge is 2.28. The number of rotatable bonds is 5. The van der Waals surface area contributed by atoms with E-state index in [1.165, 1.54) is 16.7 Å². The first-order valence-electron chi connectivity index (χ1n) is 10.1. The van der Waals surface area contributed by atoms with Crippen molar-refractivity contribution in [1.29, 1.82) is 0 Å². The van der Waals surface area contributed by atoms with Crippen molar-refractivity contribution in [3.05, 3.63) is 69.0 Å². The molecule has 0 bridgehead atoms. The molecular weight excluding hydrogens is 418 g/mol. The number of hydrogen-bond acceptors (Lipinski definition) is 6. The number of halogens is 1. The van der Waals surface area contributed by atoms with Crippen LogP contribution in [0.5, 0.6) is 0 Å². The first-order chi connectivity index (χ1) is 14.9. The molecule has 5 rings (SSSR count). The lowest BCUT2D eigenvalue weighted by Gasteiger charge is -2.10. The minimum Gasteiger partial charge on any atom is -0.456 e. The summed E-state index contributed by atoms with van der Waals surface area (Å²) in [7, 11) is 0. The van der Waals surface area contributed by atoms with Gasteiger partial charge in [0.15, 0.2) is 5.65 Å². The molecule has 0 aromatic carbocycles. The van der Waals surface area contributed by atoms with Crippen molar-refractivity contribution in [1.82, 2.24) is 24.1 Å². The van der Waals surface area contributed by atoms with Crippen LogP contribution < -0.4 is 5.56 Å².